The molecule has 2 nitrogen and oxygen atoms in total. The highest BCUT2D eigenvalue weighted by Gasteiger charge is 2.21. The molecule has 0 amide bonds. The summed E-state index contributed by atoms with van der Waals surface area (Å²) in [5.41, 5.74) is 5.11. The van der Waals surface area contributed by atoms with Gasteiger partial charge in [0.2, 0.25) is 0 Å². The van der Waals surface area contributed by atoms with Crippen LogP contribution in [0.15, 0.2) is 36.4 Å². The van der Waals surface area contributed by atoms with E-state index in [1.807, 2.05) is 6.66 Å². The summed E-state index contributed by atoms with van der Waals surface area (Å²) in [6, 6.07) is 12.9. The van der Waals surface area contributed by atoms with E-state index in [0.717, 1.165) is 29.9 Å². The van der Waals surface area contributed by atoms with Gasteiger partial charge < -0.3 is 9.05 Å². The molecule has 0 spiro atoms. The first-order chi connectivity index (χ1) is 11.7. The van der Waals surface area contributed by atoms with Crippen LogP contribution >= 0.6 is 8.38 Å². The molecule has 0 fully saturated rings. The maximum absolute atomic E-state index is 6.23. The maximum atomic E-state index is 6.23. The van der Waals surface area contributed by atoms with Crippen LogP contribution in [-0.2, 0) is 18.3 Å². The lowest BCUT2D eigenvalue weighted by molar-refractivity contribution is 0.476. The van der Waals surface area contributed by atoms with Crippen LogP contribution < -0.4 is 9.05 Å². The van der Waals surface area contributed by atoms with E-state index in [2.05, 4.69) is 77.9 Å². The molecule has 0 radical (unpaired) electrons. The van der Waals surface area contributed by atoms with E-state index in [1.165, 1.54) is 16.7 Å². The second kappa shape index (κ2) is 8.23. The van der Waals surface area contributed by atoms with E-state index in [9.17, 15) is 0 Å². The maximum Gasteiger partial charge on any atom is 0.286 e. The van der Waals surface area contributed by atoms with E-state index < -0.39 is 8.38 Å². The first-order valence-electron chi connectivity index (χ1n) is 9.07. The van der Waals surface area contributed by atoms with Crippen molar-refractivity contribution in [3.05, 3.63) is 58.7 Å². The van der Waals surface area contributed by atoms with Crippen molar-refractivity contribution in [2.24, 2.45) is 0 Å². The molecule has 0 bridgehead atoms. The van der Waals surface area contributed by atoms with Gasteiger partial charge in [-0.2, -0.15) is 0 Å². The zero-order chi connectivity index (χ0) is 18.6. The second-order valence-corrected chi connectivity index (χ2v) is 8.75. The highest BCUT2D eigenvalue weighted by Crippen LogP contribution is 2.42. The fraction of sp³-hybridized carbons (Fsp3) is 0.455. The van der Waals surface area contributed by atoms with Gasteiger partial charge in [0.25, 0.3) is 8.38 Å². The molecule has 136 valence electrons. The zero-order valence-electron chi connectivity index (χ0n) is 16.6. The van der Waals surface area contributed by atoms with Crippen LogP contribution in [0.25, 0.3) is 0 Å². The summed E-state index contributed by atoms with van der Waals surface area (Å²) in [6.07, 6.45) is 2.07. The minimum absolute atomic E-state index is 0.0371. The van der Waals surface area contributed by atoms with Gasteiger partial charge in [0.1, 0.15) is 11.5 Å². The average molecular weight is 358 g/mol. The van der Waals surface area contributed by atoms with Crippen LogP contribution in [0.4, 0.5) is 0 Å². The topological polar surface area (TPSA) is 18.5 Å². The van der Waals surface area contributed by atoms with E-state index in [-0.39, 0.29) is 5.41 Å². The van der Waals surface area contributed by atoms with Gasteiger partial charge in [-0.05, 0) is 54.0 Å². The first kappa shape index (κ1) is 19.8. The fourth-order valence-electron chi connectivity index (χ4n) is 2.79. The van der Waals surface area contributed by atoms with Crippen LogP contribution in [0.2, 0.25) is 0 Å². The standard InChI is InChI=1S/C22H31O2P/c1-8-17-10-12-20(16(3)14-17)23-25(7)24-21-13-11-18(9-2)15-19(21)22(4,5)6/h10-15H,8-9H2,1-7H3. The van der Waals surface area contributed by atoms with Gasteiger partial charge in [0.15, 0.2) is 0 Å². The quantitative estimate of drug-likeness (QED) is 0.528. The Kier molecular flexibility index (Phi) is 6.52. The van der Waals surface area contributed by atoms with Crippen LogP contribution in [0.1, 0.15) is 56.9 Å². The molecule has 0 saturated heterocycles. The number of rotatable bonds is 6. The molecular formula is C22H31O2P. The first-order valence-corrected chi connectivity index (χ1v) is 10.7. The van der Waals surface area contributed by atoms with E-state index in [1.54, 1.807) is 0 Å². The molecule has 1 unspecified atom stereocenters. The van der Waals surface area contributed by atoms with Crippen molar-refractivity contribution in [2.75, 3.05) is 6.66 Å². The summed E-state index contributed by atoms with van der Waals surface area (Å²) in [7, 11) is -1.04. The van der Waals surface area contributed by atoms with Gasteiger partial charge in [-0.15, -0.1) is 0 Å². The van der Waals surface area contributed by atoms with Gasteiger partial charge in [-0.1, -0.05) is 58.9 Å². The van der Waals surface area contributed by atoms with Crippen LogP contribution in [-0.4, -0.2) is 6.66 Å². The summed E-state index contributed by atoms with van der Waals surface area (Å²) in [5, 5.41) is 0. The Morgan fingerprint density at radius 1 is 0.840 bits per heavy atom. The van der Waals surface area contributed by atoms with E-state index in [4.69, 9.17) is 9.05 Å². The summed E-state index contributed by atoms with van der Waals surface area (Å²) >= 11 is 0. The van der Waals surface area contributed by atoms with Gasteiger partial charge >= 0.3 is 0 Å². The Morgan fingerprint density at radius 3 is 1.88 bits per heavy atom. The van der Waals surface area contributed by atoms with Gasteiger partial charge in [0, 0.05) is 12.2 Å². The Labute approximate surface area is 154 Å². The average Bonchev–Trinajstić information content (AvgIpc) is 2.56. The highest BCUT2D eigenvalue weighted by molar-refractivity contribution is 7.47. The fourth-order valence-corrected chi connectivity index (χ4v) is 3.75. The number of hydrogen-bond donors (Lipinski definition) is 0. The third-order valence-electron chi connectivity index (χ3n) is 4.36. The molecule has 2 aromatic carbocycles. The monoisotopic (exact) mass is 358 g/mol. The number of hydrogen-bond acceptors (Lipinski definition) is 2. The lowest BCUT2D eigenvalue weighted by Gasteiger charge is -2.25. The van der Waals surface area contributed by atoms with Crippen molar-refractivity contribution >= 4 is 8.38 Å². The minimum atomic E-state index is -1.04. The van der Waals surface area contributed by atoms with Crippen molar-refractivity contribution in [2.45, 2.75) is 59.8 Å². The van der Waals surface area contributed by atoms with Gasteiger partial charge in [-0.25, -0.2) is 0 Å². The van der Waals surface area contributed by atoms with Gasteiger partial charge in [0.05, 0.1) is 0 Å². The van der Waals surface area contributed by atoms with Crippen molar-refractivity contribution in [1.82, 2.24) is 0 Å². The summed E-state index contributed by atoms with van der Waals surface area (Å²) < 4.78 is 12.3. The molecule has 0 saturated carbocycles. The molecule has 0 aliphatic rings. The SMILES string of the molecule is CCc1ccc(OP(C)Oc2ccc(CC)cc2C(C)(C)C)c(C)c1. The molecule has 2 rings (SSSR count). The third kappa shape index (κ3) is 5.22. The predicted molar refractivity (Wildman–Crippen MR) is 109 cm³/mol. The molecule has 0 aliphatic heterocycles. The van der Waals surface area contributed by atoms with Gasteiger partial charge in [-0.3, -0.25) is 0 Å². The normalized spacial score (nSPS) is 12.8. The van der Waals surface area contributed by atoms with E-state index in [0.29, 0.717) is 0 Å². The molecule has 0 aliphatic carbocycles. The molecule has 0 aromatic heterocycles. The second-order valence-electron chi connectivity index (χ2n) is 7.51. The Bertz CT molecular complexity index is 716. The summed E-state index contributed by atoms with van der Waals surface area (Å²) in [5.74, 6) is 1.84. The smallest absolute Gasteiger partial charge is 0.286 e. The molecule has 1 atom stereocenters. The molecule has 0 heterocycles. The third-order valence-corrected chi connectivity index (χ3v) is 5.27. The van der Waals surface area contributed by atoms with Crippen molar-refractivity contribution in [3.8, 4) is 11.5 Å². The van der Waals surface area contributed by atoms with E-state index >= 15 is 0 Å². The molecule has 2 aromatic rings. The lowest BCUT2D eigenvalue weighted by Crippen LogP contribution is -2.13. The number of aryl methyl sites for hydroxylation is 3. The zero-order valence-corrected chi connectivity index (χ0v) is 17.5. The molecule has 25 heavy (non-hydrogen) atoms. The van der Waals surface area contributed by atoms with Crippen molar-refractivity contribution < 1.29 is 9.05 Å². The predicted octanol–water partition coefficient (Wildman–Crippen LogP) is 6.82. The van der Waals surface area contributed by atoms with Crippen LogP contribution in [0.3, 0.4) is 0 Å². The number of benzene rings is 2. The Balaban J connectivity index is 2.19. The highest BCUT2D eigenvalue weighted by atomic mass is 31.2. The van der Waals surface area contributed by atoms with Crippen LogP contribution in [0.5, 0.6) is 11.5 Å². The summed E-state index contributed by atoms with van der Waals surface area (Å²) in [6.45, 7) is 15.1. The molecular weight excluding hydrogens is 327 g/mol. The largest absolute Gasteiger partial charge is 0.438 e. The minimum Gasteiger partial charge on any atom is -0.438 e. The summed E-state index contributed by atoms with van der Waals surface area (Å²) in [4.78, 5) is 0. The van der Waals surface area contributed by atoms with Crippen molar-refractivity contribution in [1.29, 1.82) is 0 Å². The van der Waals surface area contributed by atoms with Crippen molar-refractivity contribution in [3.63, 3.8) is 0 Å². The van der Waals surface area contributed by atoms with Crippen LogP contribution in [0, 0.1) is 6.92 Å². The molecule has 0 N–H and O–H groups in total. The Morgan fingerprint density at radius 2 is 1.36 bits per heavy atom. The Hall–Kier alpha value is -1.53. The molecule has 3 heteroatoms. The lowest BCUT2D eigenvalue weighted by atomic mass is 9.85.